The first kappa shape index (κ1) is 14.3. The minimum Gasteiger partial charge on any atom is -0.481 e. The van der Waals surface area contributed by atoms with E-state index in [1.54, 1.807) is 6.92 Å². The molecule has 0 aliphatic carbocycles. The largest absolute Gasteiger partial charge is 0.481 e. The van der Waals surface area contributed by atoms with Crippen molar-refractivity contribution >= 4 is 16.2 Å². The summed E-state index contributed by atoms with van der Waals surface area (Å²) in [6.45, 7) is 4.04. The van der Waals surface area contributed by atoms with Gasteiger partial charge in [-0.15, -0.1) is 0 Å². The van der Waals surface area contributed by atoms with Crippen molar-refractivity contribution in [2.24, 2.45) is 5.92 Å². The Morgan fingerprint density at radius 1 is 1.40 bits per heavy atom. The zero-order valence-electron chi connectivity index (χ0n) is 8.99. The minimum atomic E-state index is -3.47. The van der Waals surface area contributed by atoms with E-state index in [1.165, 1.54) is 0 Å². The average Bonchev–Trinajstić information content (AvgIpc) is 2.11. The molecule has 0 bridgehead atoms. The summed E-state index contributed by atoms with van der Waals surface area (Å²) in [7, 11) is -3.47. The van der Waals surface area contributed by atoms with Crippen LogP contribution in [0.1, 0.15) is 26.7 Å². The second-order valence-electron chi connectivity index (χ2n) is 3.45. The SMILES string of the molecule is CCCNS(=O)(=O)NCC(C)CC(=O)O. The molecule has 0 aliphatic rings. The Labute approximate surface area is 90.2 Å². The molecule has 0 aliphatic heterocycles. The maximum Gasteiger partial charge on any atom is 0.303 e. The van der Waals surface area contributed by atoms with Crippen molar-refractivity contribution in [3.05, 3.63) is 0 Å². The lowest BCUT2D eigenvalue weighted by molar-refractivity contribution is -0.137. The van der Waals surface area contributed by atoms with Gasteiger partial charge in [-0.05, 0) is 12.3 Å². The molecule has 0 spiro atoms. The van der Waals surface area contributed by atoms with Gasteiger partial charge in [0.15, 0.2) is 0 Å². The summed E-state index contributed by atoms with van der Waals surface area (Å²) < 4.78 is 27.0. The summed E-state index contributed by atoms with van der Waals surface area (Å²) in [4.78, 5) is 10.3. The predicted molar refractivity (Wildman–Crippen MR) is 56.6 cm³/mol. The normalized spacial score (nSPS) is 13.7. The Morgan fingerprint density at radius 3 is 2.47 bits per heavy atom. The summed E-state index contributed by atoms with van der Waals surface area (Å²) in [5.41, 5.74) is 0. The molecule has 7 heteroatoms. The Kier molecular flexibility index (Phi) is 6.46. The highest BCUT2D eigenvalue weighted by Crippen LogP contribution is 1.99. The number of carboxylic acids is 1. The van der Waals surface area contributed by atoms with E-state index >= 15 is 0 Å². The van der Waals surface area contributed by atoms with Crippen molar-refractivity contribution in [2.75, 3.05) is 13.1 Å². The van der Waals surface area contributed by atoms with Gasteiger partial charge < -0.3 is 5.11 Å². The van der Waals surface area contributed by atoms with Crippen LogP contribution < -0.4 is 9.44 Å². The summed E-state index contributed by atoms with van der Waals surface area (Å²) in [5.74, 6) is -1.15. The molecule has 0 aromatic rings. The number of rotatable bonds is 8. The highest BCUT2D eigenvalue weighted by atomic mass is 32.2. The molecule has 0 heterocycles. The van der Waals surface area contributed by atoms with Gasteiger partial charge in [0.25, 0.3) is 10.2 Å². The number of aliphatic carboxylic acids is 1. The van der Waals surface area contributed by atoms with Crippen molar-refractivity contribution < 1.29 is 18.3 Å². The third-order valence-corrected chi connectivity index (χ3v) is 2.82. The Bertz CT molecular complexity index is 289. The van der Waals surface area contributed by atoms with E-state index in [1.807, 2.05) is 6.92 Å². The quantitative estimate of drug-likeness (QED) is 0.551. The first-order valence-corrected chi connectivity index (χ1v) is 6.31. The van der Waals surface area contributed by atoms with Gasteiger partial charge in [0.1, 0.15) is 0 Å². The van der Waals surface area contributed by atoms with Crippen molar-refractivity contribution in [3.8, 4) is 0 Å². The fourth-order valence-corrected chi connectivity index (χ4v) is 1.99. The van der Waals surface area contributed by atoms with Gasteiger partial charge in [-0.1, -0.05) is 13.8 Å². The van der Waals surface area contributed by atoms with Crippen LogP contribution in [0.4, 0.5) is 0 Å². The second-order valence-corrected chi connectivity index (χ2v) is 5.03. The van der Waals surface area contributed by atoms with Crippen LogP contribution in [0.15, 0.2) is 0 Å². The molecule has 1 unspecified atom stereocenters. The van der Waals surface area contributed by atoms with Gasteiger partial charge in [0.2, 0.25) is 0 Å². The molecule has 15 heavy (non-hydrogen) atoms. The molecule has 0 radical (unpaired) electrons. The fourth-order valence-electron chi connectivity index (χ4n) is 0.910. The molecule has 1 atom stereocenters. The Hall–Kier alpha value is -0.660. The molecule has 3 N–H and O–H groups in total. The monoisotopic (exact) mass is 238 g/mol. The van der Waals surface area contributed by atoms with Crippen LogP contribution >= 0.6 is 0 Å². The molecule has 0 rings (SSSR count). The number of carboxylic acid groups (broad SMARTS) is 1. The van der Waals surface area contributed by atoms with E-state index in [2.05, 4.69) is 9.44 Å². The van der Waals surface area contributed by atoms with Gasteiger partial charge in [0.05, 0.1) is 0 Å². The number of carbonyl (C=O) groups is 1. The van der Waals surface area contributed by atoms with E-state index in [9.17, 15) is 13.2 Å². The van der Waals surface area contributed by atoms with Crippen LogP contribution in [0.25, 0.3) is 0 Å². The van der Waals surface area contributed by atoms with Crippen LogP contribution in [0.3, 0.4) is 0 Å². The van der Waals surface area contributed by atoms with Gasteiger partial charge >= 0.3 is 5.97 Å². The third-order valence-electron chi connectivity index (χ3n) is 1.69. The fraction of sp³-hybridized carbons (Fsp3) is 0.875. The average molecular weight is 238 g/mol. The maximum atomic E-state index is 11.2. The van der Waals surface area contributed by atoms with Crippen molar-refractivity contribution in [1.29, 1.82) is 0 Å². The van der Waals surface area contributed by atoms with Gasteiger partial charge in [-0.2, -0.15) is 8.42 Å². The second kappa shape index (κ2) is 6.76. The molecular formula is C8H18N2O4S. The van der Waals surface area contributed by atoms with E-state index in [0.717, 1.165) is 0 Å². The first-order valence-electron chi connectivity index (χ1n) is 4.83. The van der Waals surface area contributed by atoms with Crippen LogP contribution in [0.2, 0.25) is 0 Å². The lowest BCUT2D eigenvalue weighted by Crippen LogP contribution is -2.39. The number of hydrogen-bond acceptors (Lipinski definition) is 3. The molecule has 0 fully saturated rings. The molecule has 0 aromatic heterocycles. The van der Waals surface area contributed by atoms with Gasteiger partial charge in [-0.3, -0.25) is 4.79 Å². The van der Waals surface area contributed by atoms with Crippen LogP contribution in [-0.2, 0) is 15.0 Å². The smallest absolute Gasteiger partial charge is 0.303 e. The molecule has 90 valence electrons. The summed E-state index contributed by atoms with van der Waals surface area (Å²) in [6.07, 6.45) is 0.669. The summed E-state index contributed by atoms with van der Waals surface area (Å²) >= 11 is 0. The molecule has 6 nitrogen and oxygen atoms in total. The van der Waals surface area contributed by atoms with E-state index in [0.29, 0.717) is 13.0 Å². The Morgan fingerprint density at radius 2 is 2.00 bits per heavy atom. The van der Waals surface area contributed by atoms with Crippen LogP contribution in [-0.4, -0.2) is 32.6 Å². The van der Waals surface area contributed by atoms with Crippen molar-refractivity contribution in [2.45, 2.75) is 26.7 Å². The number of hydrogen-bond donors (Lipinski definition) is 3. The third kappa shape index (κ3) is 8.34. The molecular weight excluding hydrogens is 220 g/mol. The van der Waals surface area contributed by atoms with E-state index in [-0.39, 0.29) is 18.9 Å². The van der Waals surface area contributed by atoms with Gasteiger partial charge in [0, 0.05) is 19.5 Å². The van der Waals surface area contributed by atoms with Gasteiger partial charge in [-0.25, -0.2) is 9.44 Å². The standard InChI is InChI=1S/C8H18N2O4S/c1-3-4-9-15(13,14)10-6-7(2)5-8(11)12/h7,9-10H,3-6H2,1-2H3,(H,11,12). The highest BCUT2D eigenvalue weighted by Gasteiger charge is 2.12. The molecule has 0 saturated heterocycles. The zero-order valence-corrected chi connectivity index (χ0v) is 9.80. The molecule has 0 aromatic carbocycles. The summed E-state index contributed by atoms with van der Waals surface area (Å²) in [5, 5.41) is 8.46. The lowest BCUT2D eigenvalue weighted by atomic mass is 10.1. The highest BCUT2D eigenvalue weighted by molar-refractivity contribution is 7.87. The predicted octanol–water partition coefficient (Wildman–Crippen LogP) is -0.0688. The topological polar surface area (TPSA) is 95.5 Å². The van der Waals surface area contributed by atoms with E-state index < -0.39 is 16.2 Å². The number of nitrogens with one attached hydrogen (secondary N) is 2. The Balaban J connectivity index is 3.87. The van der Waals surface area contributed by atoms with Crippen molar-refractivity contribution in [1.82, 2.24) is 9.44 Å². The first-order chi connectivity index (χ1) is 6.87. The van der Waals surface area contributed by atoms with Crippen LogP contribution in [0.5, 0.6) is 0 Å². The summed E-state index contributed by atoms with van der Waals surface area (Å²) in [6, 6.07) is 0. The molecule has 0 saturated carbocycles. The minimum absolute atomic E-state index is 0.0453. The maximum absolute atomic E-state index is 11.2. The lowest BCUT2D eigenvalue weighted by Gasteiger charge is -2.11. The van der Waals surface area contributed by atoms with Crippen molar-refractivity contribution in [3.63, 3.8) is 0 Å². The van der Waals surface area contributed by atoms with Crippen LogP contribution in [0, 0.1) is 5.92 Å². The van der Waals surface area contributed by atoms with E-state index in [4.69, 9.17) is 5.11 Å². The zero-order chi connectivity index (χ0) is 11.9. The molecule has 0 amide bonds.